The third kappa shape index (κ3) is 4.87. The lowest BCUT2D eigenvalue weighted by Crippen LogP contribution is -2.43. The van der Waals surface area contributed by atoms with Crippen LogP contribution in [0.25, 0.3) is 0 Å². The van der Waals surface area contributed by atoms with E-state index < -0.39 is 0 Å². The number of rotatable bonds is 8. The molecule has 28 heavy (non-hydrogen) atoms. The Kier molecular flexibility index (Phi) is 6.62. The molecule has 6 heteroatoms. The summed E-state index contributed by atoms with van der Waals surface area (Å²) in [5, 5.41) is 3.08. The van der Waals surface area contributed by atoms with Gasteiger partial charge in [-0.15, -0.1) is 0 Å². The Morgan fingerprint density at radius 1 is 1.25 bits per heavy atom. The minimum atomic E-state index is 0.00345. The molecule has 0 fully saturated rings. The number of amides is 1. The van der Waals surface area contributed by atoms with Gasteiger partial charge in [0, 0.05) is 30.1 Å². The van der Waals surface area contributed by atoms with Crippen molar-refractivity contribution >= 4 is 5.91 Å². The molecule has 0 saturated carbocycles. The van der Waals surface area contributed by atoms with Crippen molar-refractivity contribution in [2.24, 2.45) is 0 Å². The van der Waals surface area contributed by atoms with Crippen LogP contribution in [0, 0.1) is 0 Å². The third-order valence-electron chi connectivity index (χ3n) is 5.25. The first-order chi connectivity index (χ1) is 13.5. The number of benzene rings is 1. The minimum absolute atomic E-state index is 0.00345. The summed E-state index contributed by atoms with van der Waals surface area (Å²) in [5.74, 6) is 1.62. The first kappa shape index (κ1) is 20.3. The molecule has 1 atom stereocenters. The summed E-state index contributed by atoms with van der Waals surface area (Å²) in [6.07, 6.45) is 7.58. The SMILES string of the molecule is CCN(CNC(=O)C1=CN(C(C)C)C=CC1)C(C)Cc1ccc2c(c1)OCO2. The molecule has 0 aliphatic carbocycles. The molecule has 2 aliphatic heterocycles. The number of allylic oxidation sites excluding steroid dienone is 1. The van der Waals surface area contributed by atoms with E-state index in [0.717, 1.165) is 30.0 Å². The van der Waals surface area contributed by atoms with E-state index in [0.29, 0.717) is 25.9 Å². The van der Waals surface area contributed by atoms with Gasteiger partial charge in [-0.25, -0.2) is 0 Å². The molecule has 1 N–H and O–H groups in total. The number of nitrogens with one attached hydrogen (secondary N) is 1. The molecule has 1 aromatic rings. The van der Waals surface area contributed by atoms with Crippen molar-refractivity contribution in [2.75, 3.05) is 20.0 Å². The quantitative estimate of drug-likeness (QED) is 0.696. The lowest BCUT2D eigenvalue weighted by Gasteiger charge is -2.29. The molecule has 0 radical (unpaired) electrons. The highest BCUT2D eigenvalue weighted by molar-refractivity contribution is 5.93. The monoisotopic (exact) mass is 385 g/mol. The Morgan fingerprint density at radius 2 is 2.04 bits per heavy atom. The molecule has 0 spiro atoms. The first-order valence-corrected chi connectivity index (χ1v) is 10.0. The van der Waals surface area contributed by atoms with Gasteiger partial charge in [-0.3, -0.25) is 9.69 Å². The molecule has 2 heterocycles. The van der Waals surface area contributed by atoms with Crippen LogP contribution in [-0.4, -0.2) is 47.8 Å². The molecule has 0 saturated heterocycles. The molecule has 1 unspecified atom stereocenters. The third-order valence-corrected chi connectivity index (χ3v) is 5.25. The average molecular weight is 386 g/mol. The molecule has 1 aromatic carbocycles. The van der Waals surface area contributed by atoms with E-state index in [1.165, 1.54) is 5.56 Å². The lowest BCUT2D eigenvalue weighted by molar-refractivity contribution is -0.118. The summed E-state index contributed by atoms with van der Waals surface area (Å²) >= 11 is 0. The minimum Gasteiger partial charge on any atom is -0.454 e. The van der Waals surface area contributed by atoms with Crippen molar-refractivity contribution in [3.63, 3.8) is 0 Å². The van der Waals surface area contributed by atoms with E-state index in [1.807, 2.05) is 30.6 Å². The highest BCUT2D eigenvalue weighted by Gasteiger charge is 2.19. The van der Waals surface area contributed by atoms with Crippen LogP contribution in [0.1, 0.15) is 39.7 Å². The van der Waals surface area contributed by atoms with E-state index in [-0.39, 0.29) is 11.9 Å². The Hall–Kier alpha value is -2.47. The van der Waals surface area contributed by atoms with Gasteiger partial charge in [-0.2, -0.15) is 0 Å². The maximum absolute atomic E-state index is 12.6. The highest BCUT2D eigenvalue weighted by Crippen LogP contribution is 2.33. The number of nitrogens with zero attached hydrogens (tertiary/aromatic N) is 2. The Bertz CT molecular complexity index is 757. The molecule has 152 valence electrons. The molecule has 1 amide bonds. The predicted molar refractivity (Wildman–Crippen MR) is 110 cm³/mol. The van der Waals surface area contributed by atoms with Crippen LogP contribution in [0.15, 0.2) is 42.2 Å². The van der Waals surface area contributed by atoms with E-state index in [2.05, 4.69) is 48.9 Å². The number of carbonyl (C=O) groups excluding carboxylic acids is 1. The second kappa shape index (κ2) is 9.15. The van der Waals surface area contributed by atoms with Gasteiger partial charge in [0.15, 0.2) is 11.5 Å². The van der Waals surface area contributed by atoms with Crippen LogP contribution in [-0.2, 0) is 11.2 Å². The van der Waals surface area contributed by atoms with Crippen molar-refractivity contribution in [3.8, 4) is 11.5 Å². The average Bonchev–Trinajstić information content (AvgIpc) is 3.16. The molecular formula is C22H31N3O3. The molecule has 6 nitrogen and oxygen atoms in total. The number of hydrogen-bond donors (Lipinski definition) is 1. The van der Waals surface area contributed by atoms with Crippen molar-refractivity contribution in [1.82, 2.24) is 15.1 Å². The zero-order chi connectivity index (χ0) is 20.1. The smallest absolute Gasteiger partial charge is 0.249 e. The Morgan fingerprint density at radius 3 is 2.79 bits per heavy atom. The fraction of sp³-hybridized carbons (Fsp3) is 0.500. The van der Waals surface area contributed by atoms with Gasteiger partial charge in [-0.05, 0) is 57.9 Å². The van der Waals surface area contributed by atoms with Gasteiger partial charge in [0.05, 0.1) is 6.67 Å². The molecule has 3 rings (SSSR count). The Balaban J connectivity index is 1.54. The number of ether oxygens (including phenoxy) is 2. The second-order valence-corrected chi connectivity index (χ2v) is 7.59. The normalized spacial score (nSPS) is 16.5. The van der Waals surface area contributed by atoms with Crippen molar-refractivity contribution < 1.29 is 14.3 Å². The second-order valence-electron chi connectivity index (χ2n) is 7.59. The standard InChI is InChI=1S/C22H31N3O3/c1-5-24(14-23-22(26)19-7-6-10-25(13-19)16(2)3)17(4)11-18-8-9-20-21(12-18)28-15-27-20/h6,8-10,12-13,16-17H,5,7,11,14-15H2,1-4H3,(H,23,26). The van der Waals surface area contributed by atoms with Crippen LogP contribution >= 0.6 is 0 Å². The number of carbonyl (C=O) groups is 1. The summed E-state index contributed by atoms with van der Waals surface area (Å²) in [6.45, 7) is 10.2. The number of hydrogen-bond acceptors (Lipinski definition) is 5. The summed E-state index contributed by atoms with van der Waals surface area (Å²) in [7, 11) is 0. The van der Waals surface area contributed by atoms with Gasteiger partial charge in [-0.1, -0.05) is 19.1 Å². The summed E-state index contributed by atoms with van der Waals surface area (Å²) < 4.78 is 10.8. The maximum atomic E-state index is 12.6. The van der Waals surface area contributed by atoms with Crippen molar-refractivity contribution in [3.05, 3.63) is 47.8 Å². The number of likely N-dealkylation sites (N-methyl/N-ethyl adjacent to an activating group) is 1. The zero-order valence-electron chi connectivity index (χ0n) is 17.3. The van der Waals surface area contributed by atoms with E-state index >= 15 is 0 Å². The summed E-state index contributed by atoms with van der Waals surface area (Å²) in [6, 6.07) is 6.72. The van der Waals surface area contributed by atoms with Crippen LogP contribution in [0.2, 0.25) is 0 Å². The van der Waals surface area contributed by atoms with Crippen LogP contribution in [0.4, 0.5) is 0 Å². The fourth-order valence-electron chi connectivity index (χ4n) is 3.45. The molecular weight excluding hydrogens is 354 g/mol. The molecule has 0 bridgehead atoms. The predicted octanol–water partition coefficient (Wildman–Crippen LogP) is 3.25. The fourth-order valence-corrected chi connectivity index (χ4v) is 3.45. The van der Waals surface area contributed by atoms with Gasteiger partial charge in [0.2, 0.25) is 12.7 Å². The van der Waals surface area contributed by atoms with Gasteiger partial charge in [0.1, 0.15) is 0 Å². The zero-order valence-corrected chi connectivity index (χ0v) is 17.3. The topological polar surface area (TPSA) is 54.0 Å². The van der Waals surface area contributed by atoms with Crippen LogP contribution in [0.5, 0.6) is 11.5 Å². The van der Waals surface area contributed by atoms with Gasteiger partial charge < -0.3 is 19.7 Å². The van der Waals surface area contributed by atoms with Crippen LogP contribution < -0.4 is 14.8 Å². The van der Waals surface area contributed by atoms with Crippen LogP contribution in [0.3, 0.4) is 0 Å². The summed E-state index contributed by atoms with van der Waals surface area (Å²) in [5.41, 5.74) is 2.00. The van der Waals surface area contributed by atoms with Crippen molar-refractivity contribution in [2.45, 2.75) is 52.6 Å². The first-order valence-electron chi connectivity index (χ1n) is 10.0. The largest absolute Gasteiger partial charge is 0.454 e. The van der Waals surface area contributed by atoms with Gasteiger partial charge in [0.25, 0.3) is 0 Å². The molecule has 0 aromatic heterocycles. The summed E-state index contributed by atoms with van der Waals surface area (Å²) in [4.78, 5) is 16.9. The Labute approximate surface area is 167 Å². The maximum Gasteiger partial charge on any atom is 0.249 e. The van der Waals surface area contributed by atoms with Crippen molar-refractivity contribution in [1.29, 1.82) is 0 Å². The molecule has 2 aliphatic rings. The lowest BCUT2D eigenvalue weighted by atomic mass is 10.1. The van der Waals surface area contributed by atoms with E-state index in [4.69, 9.17) is 9.47 Å². The van der Waals surface area contributed by atoms with E-state index in [9.17, 15) is 4.79 Å². The number of fused-ring (bicyclic) bond motifs is 1. The van der Waals surface area contributed by atoms with Gasteiger partial charge >= 0.3 is 0 Å². The van der Waals surface area contributed by atoms with E-state index in [1.54, 1.807) is 0 Å². The highest BCUT2D eigenvalue weighted by atomic mass is 16.7.